The Morgan fingerprint density at radius 2 is 1.94 bits per heavy atom. The Labute approximate surface area is 98.2 Å². The van der Waals surface area contributed by atoms with Gasteiger partial charge in [0.25, 0.3) is 0 Å². The van der Waals surface area contributed by atoms with Crippen LogP contribution in [-0.4, -0.2) is 29.5 Å². The molecule has 1 heterocycles. The van der Waals surface area contributed by atoms with Gasteiger partial charge in [0.2, 0.25) is 0 Å². The summed E-state index contributed by atoms with van der Waals surface area (Å²) in [6, 6.07) is 0. The van der Waals surface area contributed by atoms with Crippen molar-refractivity contribution < 1.29 is 13.2 Å². The van der Waals surface area contributed by atoms with Gasteiger partial charge in [0, 0.05) is 14.1 Å². The van der Waals surface area contributed by atoms with Crippen molar-refractivity contribution >= 4 is 11.5 Å². The Balaban J connectivity index is 3.06. The summed E-state index contributed by atoms with van der Waals surface area (Å²) in [5.74, 6) is 0.375. The molecule has 0 amide bonds. The van der Waals surface area contributed by atoms with E-state index in [2.05, 4.69) is 5.10 Å². The first kappa shape index (κ1) is 13.7. The zero-order valence-corrected chi connectivity index (χ0v) is 10.3. The van der Waals surface area contributed by atoms with E-state index in [0.29, 0.717) is 17.2 Å². The SMILES string of the molecule is CC(C)c1nn(C)c(N(C)CC(F)(F)F)c1N. The highest BCUT2D eigenvalue weighted by atomic mass is 19.4. The van der Waals surface area contributed by atoms with Crippen molar-refractivity contribution in [2.75, 3.05) is 24.2 Å². The molecule has 98 valence electrons. The van der Waals surface area contributed by atoms with Gasteiger partial charge in [-0.1, -0.05) is 13.8 Å². The number of aryl methyl sites for hydroxylation is 1. The zero-order valence-electron chi connectivity index (χ0n) is 10.3. The van der Waals surface area contributed by atoms with Crippen LogP contribution in [0.1, 0.15) is 25.5 Å². The van der Waals surface area contributed by atoms with Gasteiger partial charge in [-0.15, -0.1) is 0 Å². The van der Waals surface area contributed by atoms with Crippen LogP contribution < -0.4 is 10.6 Å². The molecule has 1 rings (SSSR count). The quantitative estimate of drug-likeness (QED) is 0.893. The summed E-state index contributed by atoms with van der Waals surface area (Å²) >= 11 is 0. The summed E-state index contributed by atoms with van der Waals surface area (Å²) in [6.07, 6.45) is -4.26. The van der Waals surface area contributed by atoms with Gasteiger partial charge in [-0.3, -0.25) is 4.68 Å². The van der Waals surface area contributed by atoms with E-state index in [9.17, 15) is 13.2 Å². The first-order valence-corrected chi connectivity index (χ1v) is 5.23. The lowest BCUT2D eigenvalue weighted by Gasteiger charge is -2.21. The third kappa shape index (κ3) is 3.04. The van der Waals surface area contributed by atoms with Gasteiger partial charge in [0.15, 0.2) is 0 Å². The average Bonchev–Trinajstić information content (AvgIpc) is 2.38. The van der Waals surface area contributed by atoms with Gasteiger partial charge in [-0.25, -0.2) is 0 Å². The van der Waals surface area contributed by atoms with Gasteiger partial charge in [-0.05, 0) is 5.92 Å². The van der Waals surface area contributed by atoms with Crippen LogP contribution in [0.25, 0.3) is 0 Å². The van der Waals surface area contributed by atoms with Crippen LogP contribution >= 0.6 is 0 Å². The maximum Gasteiger partial charge on any atom is 0.405 e. The lowest BCUT2D eigenvalue weighted by Crippen LogP contribution is -2.32. The average molecular weight is 250 g/mol. The molecule has 0 aliphatic carbocycles. The number of nitrogens with two attached hydrogens (primary N) is 1. The Bertz CT molecular complexity index is 395. The molecule has 0 bridgehead atoms. The van der Waals surface area contributed by atoms with Crippen LogP contribution in [0.4, 0.5) is 24.7 Å². The van der Waals surface area contributed by atoms with Crippen LogP contribution in [0, 0.1) is 0 Å². The van der Waals surface area contributed by atoms with Gasteiger partial charge in [0.05, 0.1) is 11.4 Å². The molecule has 17 heavy (non-hydrogen) atoms. The topological polar surface area (TPSA) is 47.1 Å². The molecule has 0 fully saturated rings. The number of hydrogen-bond donors (Lipinski definition) is 1. The number of hydrogen-bond acceptors (Lipinski definition) is 3. The molecule has 4 nitrogen and oxygen atoms in total. The van der Waals surface area contributed by atoms with E-state index in [1.165, 1.54) is 11.7 Å². The molecule has 0 spiro atoms. The third-order valence-electron chi connectivity index (χ3n) is 2.41. The summed E-state index contributed by atoms with van der Waals surface area (Å²) in [7, 11) is 2.94. The number of nitrogen functional groups attached to an aromatic ring is 1. The molecular weight excluding hydrogens is 233 g/mol. The summed E-state index contributed by atoms with van der Waals surface area (Å²) < 4.78 is 38.3. The molecule has 2 N–H and O–H groups in total. The normalized spacial score (nSPS) is 12.2. The fraction of sp³-hybridized carbons (Fsp3) is 0.700. The molecule has 0 aromatic carbocycles. The van der Waals surface area contributed by atoms with Crippen molar-refractivity contribution in [3.63, 3.8) is 0 Å². The van der Waals surface area contributed by atoms with Gasteiger partial charge in [0.1, 0.15) is 12.4 Å². The highest BCUT2D eigenvalue weighted by molar-refractivity contribution is 5.66. The zero-order chi connectivity index (χ0) is 13.4. The second kappa shape index (κ2) is 4.46. The first-order chi connectivity index (χ1) is 7.63. The molecule has 0 atom stereocenters. The minimum absolute atomic E-state index is 0.0780. The Morgan fingerprint density at radius 1 is 1.41 bits per heavy atom. The van der Waals surface area contributed by atoms with E-state index in [1.807, 2.05) is 13.8 Å². The molecule has 0 unspecified atom stereocenters. The van der Waals surface area contributed by atoms with Crippen molar-refractivity contribution in [3.8, 4) is 0 Å². The van der Waals surface area contributed by atoms with Crippen LogP contribution in [-0.2, 0) is 7.05 Å². The molecule has 1 aromatic rings. The van der Waals surface area contributed by atoms with E-state index >= 15 is 0 Å². The monoisotopic (exact) mass is 250 g/mol. The second-order valence-corrected chi connectivity index (χ2v) is 4.37. The number of halogens is 3. The largest absolute Gasteiger partial charge is 0.405 e. The number of anilines is 2. The van der Waals surface area contributed by atoms with Crippen LogP contribution in [0.5, 0.6) is 0 Å². The standard InChI is InChI=1S/C10H17F3N4/c1-6(2)8-7(14)9(17(4)15-8)16(3)5-10(11,12)13/h6H,5,14H2,1-4H3. The molecular formula is C10H17F3N4. The number of aromatic nitrogens is 2. The van der Waals surface area contributed by atoms with Crippen molar-refractivity contribution in [2.24, 2.45) is 7.05 Å². The molecule has 0 aliphatic heterocycles. The minimum Gasteiger partial charge on any atom is -0.394 e. The Hall–Kier alpha value is -1.40. The first-order valence-electron chi connectivity index (χ1n) is 5.23. The van der Waals surface area contributed by atoms with Crippen LogP contribution in [0.3, 0.4) is 0 Å². The fourth-order valence-corrected chi connectivity index (χ4v) is 1.77. The van der Waals surface area contributed by atoms with Crippen molar-refractivity contribution in [2.45, 2.75) is 25.9 Å². The molecule has 7 heteroatoms. The smallest absolute Gasteiger partial charge is 0.394 e. The highest BCUT2D eigenvalue weighted by Crippen LogP contribution is 2.31. The lowest BCUT2D eigenvalue weighted by molar-refractivity contribution is -0.119. The number of nitrogens with zero attached hydrogens (tertiary/aromatic N) is 3. The Morgan fingerprint density at radius 3 is 2.29 bits per heavy atom. The van der Waals surface area contributed by atoms with Crippen molar-refractivity contribution in [1.29, 1.82) is 0 Å². The van der Waals surface area contributed by atoms with Crippen LogP contribution in [0.2, 0.25) is 0 Å². The van der Waals surface area contributed by atoms with E-state index in [4.69, 9.17) is 5.73 Å². The van der Waals surface area contributed by atoms with E-state index in [-0.39, 0.29) is 5.92 Å². The lowest BCUT2D eigenvalue weighted by atomic mass is 10.1. The number of rotatable bonds is 3. The summed E-state index contributed by atoms with van der Waals surface area (Å²) in [4.78, 5) is 1.06. The van der Waals surface area contributed by atoms with Gasteiger partial charge < -0.3 is 10.6 Å². The highest BCUT2D eigenvalue weighted by Gasteiger charge is 2.31. The molecule has 0 saturated carbocycles. The van der Waals surface area contributed by atoms with Gasteiger partial charge in [-0.2, -0.15) is 18.3 Å². The summed E-state index contributed by atoms with van der Waals surface area (Å²) in [5, 5.41) is 4.14. The maximum atomic E-state index is 12.3. The Kier molecular flexibility index (Phi) is 3.59. The molecule has 1 aromatic heterocycles. The second-order valence-electron chi connectivity index (χ2n) is 4.37. The predicted molar refractivity (Wildman–Crippen MR) is 61.0 cm³/mol. The van der Waals surface area contributed by atoms with Gasteiger partial charge >= 0.3 is 6.18 Å². The minimum atomic E-state index is -4.26. The van der Waals surface area contributed by atoms with Crippen molar-refractivity contribution in [1.82, 2.24) is 9.78 Å². The fourth-order valence-electron chi connectivity index (χ4n) is 1.77. The number of alkyl halides is 3. The maximum absolute atomic E-state index is 12.3. The van der Waals surface area contributed by atoms with E-state index in [1.54, 1.807) is 7.05 Å². The third-order valence-corrected chi connectivity index (χ3v) is 2.41. The summed E-state index contributed by atoms with van der Waals surface area (Å²) in [6.45, 7) is 2.74. The van der Waals surface area contributed by atoms with E-state index < -0.39 is 12.7 Å². The van der Waals surface area contributed by atoms with E-state index in [0.717, 1.165) is 4.90 Å². The van der Waals surface area contributed by atoms with Crippen molar-refractivity contribution in [3.05, 3.63) is 5.69 Å². The summed E-state index contributed by atoms with van der Waals surface area (Å²) in [5.41, 5.74) is 6.77. The molecule has 0 aliphatic rings. The molecule has 0 saturated heterocycles. The van der Waals surface area contributed by atoms with Crippen LogP contribution in [0.15, 0.2) is 0 Å². The molecule has 0 radical (unpaired) electrons. The predicted octanol–water partition coefficient (Wildman–Crippen LogP) is 2.12.